The minimum atomic E-state index is -0.626. The Hall–Kier alpha value is -2.75. The molecule has 4 heterocycles. The Morgan fingerprint density at radius 1 is 0.788 bits per heavy atom. The van der Waals surface area contributed by atoms with Crippen molar-refractivity contribution in [2.24, 2.45) is 0 Å². The van der Waals surface area contributed by atoms with Crippen LogP contribution in [0.3, 0.4) is 0 Å². The van der Waals surface area contributed by atoms with Crippen molar-refractivity contribution >= 4 is 70.5 Å². The van der Waals surface area contributed by atoms with E-state index in [9.17, 15) is 28.8 Å². The zero-order valence-electron chi connectivity index (χ0n) is 32.2. The molecule has 1 N–H and O–H groups in total. The number of methoxy groups -OCH3 is 2. The molecule has 2 fully saturated rings. The van der Waals surface area contributed by atoms with Gasteiger partial charge in [0.05, 0.1) is 48.8 Å². The van der Waals surface area contributed by atoms with Gasteiger partial charge in [0.15, 0.2) is 11.6 Å². The number of aromatic nitrogens is 2. The Balaban J connectivity index is 0.000000829. The van der Waals surface area contributed by atoms with Gasteiger partial charge in [-0.05, 0) is 79.4 Å². The van der Waals surface area contributed by atoms with Crippen molar-refractivity contribution in [2.75, 3.05) is 33.2 Å². The first kappa shape index (κ1) is 47.3. The van der Waals surface area contributed by atoms with Crippen LogP contribution in [0.25, 0.3) is 0 Å². The number of esters is 2. The number of carbonyl (C=O) groups excluding carboxylic acids is 6. The zero-order chi connectivity index (χ0) is 38.7. The van der Waals surface area contributed by atoms with Crippen molar-refractivity contribution in [1.82, 2.24) is 19.4 Å². The molecule has 4 rings (SSSR count). The number of aromatic amines is 1. The van der Waals surface area contributed by atoms with Crippen LogP contribution in [0.2, 0.25) is 10.0 Å². The number of rotatable bonds is 7. The third kappa shape index (κ3) is 14.2. The second kappa shape index (κ2) is 21.2. The van der Waals surface area contributed by atoms with E-state index >= 15 is 0 Å². The van der Waals surface area contributed by atoms with Gasteiger partial charge in [0, 0.05) is 25.5 Å². The summed E-state index contributed by atoms with van der Waals surface area (Å²) in [4.78, 5) is 76.5. The van der Waals surface area contributed by atoms with E-state index in [4.69, 9.17) is 49.0 Å². The molecular weight excluding hydrogens is 754 g/mol. The number of hydrogen-bond acceptors (Lipinski definition) is 10. The summed E-state index contributed by atoms with van der Waals surface area (Å²) in [5.74, 6) is -1.40. The van der Waals surface area contributed by atoms with Crippen LogP contribution < -0.4 is 29.6 Å². The van der Waals surface area contributed by atoms with E-state index in [1.54, 1.807) is 60.0 Å². The van der Waals surface area contributed by atoms with E-state index in [0.29, 0.717) is 36.6 Å². The van der Waals surface area contributed by atoms with Gasteiger partial charge >= 0.3 is 53.7 Å². The summed E-state index contributed by atoms with van der Waals surface area (Å²) in [6, 6.07) is 2.16. The number of ether oxygens (including phenoxy) is 4. The number of ketones is 2. The molecule has 2 aliphatic rings. The van der Waals surface area contributed by atoms with Crippen LogP contribution in [-0.2, 0) is 35.1 Å². The predicted octanol–water partition coefficient (Wildman–Crippen LogP) is 3.66. The topological polar surface area (TPSA) is 167 Å². The van der Waals surface area contributed by atoms with E-state index in [1.165, 1.54) is 34.7 Å². The van der Waals surface area contributed by atoms with E-state index in [1.807, 2.05) is 0 Å². The summed E-state index contributed by atoms with van der Waals surface area (Å²) < 4.78 is 21.2. The number of halogens is 3. The van der Waals surface area contributed by atoms with Gasteiger partial charge in [-0.25, -0.2) is 19.2 Å². The largest absolute Gasteiger partial charge is 1.00 e. The maximum absolute atomic E-state index is 12.7. The molecule has 2 atom stereocenters. The molecule has 0 bridgehead atoms. The summed E-state index contributed by atoms with van der Waals surface area (Å²) >= 11 is 17.1. The number of amides is 2. The maximum Gasteiger partial charge on any atom is 1.00 e. The predicted molar refractivity (Wildman–Crippen MR) is 192 cm³/mol. The first-order valence-electron chi connectivity index (χ1n) is 16.2. The third-order valence-electron chi connectivity index (χ3n) is 7.34. The van der Waals surface area contributed by atoms with Gasteiger partial charge in [-0.3, -0.25) is 19.4 Å². The van der Waals surface area contributed by atoms with Crippen molar-refractivity contribution in [3.05, 3.63) is 46.0 Å². The molecule has 18 heteroatoms. The minimum absolute atomic E-state index is 0. The molecule has 52 heavy (non-hydrogen) atoms. The molecule has 2 aromatic heterocycles. The van der Waals surface area contributed by atoms with Gasteiger partial charge in [0.25, 0.3) is 0 Å². The standard InChI is InChI=1S/C17H23ClN2O5.C11H18ClNO3.C6H6ClNO2.Na.H/c1-17(2,3)25-16(23)20-8-5-6-12(20)13(21)10-19-9-7-11(18)14(19)15(22)24-4;1-11(2,3)16-10(15)13-6-4-5-8(13)9(14)7-12;1-10-6(9)5-4(7)2-3-8-5;;/h7,9,12H,5-6,8,10H2,1-4H3;8H,4-7H2,1-3H3;2-3,8H,1H3;;/q;;;+1;-1. The van der Waals surface area contributed by atoms with Crippen molar-refractivity contribution < 1.29 is 78.7 Å². The smallest absolute Gasteiger partial charge is 1.00 e. The Kier molecular flexibility index (Phi) is 19.3. The third-order valence-corrected chi connectivity index (χ3v) is 8.22. The van der Waals surface area contributed by atoms with Crippen molar-refractivity contribution in [1.29, 1.82) is 0 Å². The van der Waals surface area contributed by atoms with Crippen LogP contribution >= 0.6 is 34.8 Å². The number of alkyl halides is 1. The first-order chi connectivity index (χ1) is 23.7. The second-order valence-corrected chi connectivity index (χ2v) is 14.6. The molecule has 0 saturated carbocycles. The average Bonchev–Trinajstić information content (AvgIpc) is 3.86. The van der Waals surface area contributed by atoms with E-state index in [-0.39, 0.29) is 65.7 Å². The SMILES string of the molecule is CC(C)(C)OC(=O)N1CCCC1C(=O)CCl.COC(=O)c1[nH]ccc1Cl.COC(=O)c1c(Cl)ccn1CC(=O)C1CCCN1C(=O)OC(C)(C)C.[H-].[Na+]. The Morgan fingerprint density at radius 3 is 1.67 bits per heavy atom. The van der Waals surface area contributed by atoms with Crippen LogP contribution in [0, 0.1) is 0 Å². The molecule has 2 aliphatic heterocycles. The van der Waals surface area contributed by atoms with Crippen molar-refractivity contribution in [3.8, 4) is 0 Å². The first-order valence-corrected chi connectivity index (χ1v) is 17.5. The van der Waals surface area contributed by atoms with Gasteiger partial charge in [0.1, 0.15) is 22.6 Å². The molecule has 2 amide bonds. The van der Waals surface area contributed by atoms with E-state index in [0.717, 1.165) is 12.8 Å². The molecule has 0 aromatic carbocycles. The van der Waals surface area contributed by atoms with E-state index in [2.05, 4.69) is 9.72 Å². The number of Topliss-reactive ketones (excluding diaryl/α,β-unsaturated/α-hetero) is 2. The molecule has 2 saturated heterocycles. The summed E-state index contributed by atoms with van der Waals surface area (Å²) in [5, 5.41) is 0.599. The zero-order valence-corrected chi connectivity index (χ0v) is 35.4. The fourth-order valence-electron chi connectivity index (χ4n) is 5.14. The molecule has 0 spiro atoms. The van der Waals surface area contributed by atoms with Crippen molar-refractivity contribution in [2.45, 2.75) is 97.1 Å². The molecule has 0 radical (unpaired) electrons. The summed E-state index contributed by atoms with van der Waals surface area (Å²) in [7, 11) is 2.55. The number of nitrogens with zero attached hydrogens (tertiary/aromatic N) is 3. The monoisotopic (exact) mass is 800 g/mol. The van der Waals surface area contributed by atoms with Crippen LogP contribution in [0.5, 0.6) is 0 Å². The molecule has 286 valence electrons. The summed E-state index contributed by atoms with van der Waals surface area (Å²) in [5.41, 5.74) is -0.739. The molecule has 2 unspecified atom stereocenters. The molecule has 0 aliphatic carbocycles. The van der Waals surface area contributed by atoms with Crippen LogP contribution in [0.15, 0.2) is 24.5 Å². The van der Waals surface area contributed by atoms with E-state index < -0.39 is 47.4 Å². The molecular formula is C34H48Cl3N4NaO10. The normalized spacial score (nSPS) is 16.7. The van der Waals surface area contributed by atoms with Crippen LogP contribution in [0.4, 0.5) is 9.59 Å². The number of carbonyl (C=O) groups is 6. The number of H-pyrrole nitrogens is 1. The fourth-order valence-corrected chi connectivity index (χ4v) is 5.76. The fraction of sp³-hybridized carbons (Fsp3) is 0.588. The van der Waals surface area contributed by atoms with Gasteiger partial charge in [-0.2, -0.15) is 0 Å². The Bertz CT molecular complexity index is 1560. The van der Waals surface area contributed by atoms with Gasteiger partial charge in [0.2, 0.25) is 0 Å². The van der Waals surface area contributed by atoms with Gasteiger partial charge in [-0.15, -0.1) is 11.6 Å². The Morgan fingerprint density at radius 2 is 1.27 bits per heavy atom. The average molecular weight is 802 g/mol. The number of nitrogens with one attached hydrogen (secondary N) is 1. The molecule has 14 nitrogen and oxygen atoms in total. The molecule has 2 aromatic rings. The maximum atomic E-state index is 12.7. The Labute approximate surface area is 342 Å². The number of likely N-dealkylation sites (tertiary alicyclic amines) is 2. The van der Waals surface area contributed by atoms with Gasteiger partial charge < -0.3 is 29.9 Å². The van der Waals surface area contributed by atoms with Gasteiger partial charge in [-0.1, -0.05) is 23.2 Å². The summed E-state index contributed by atoms with van der Waals surface area (Å²) in [6.45, 7) is 11.7. The van der Waals surface area contributed by atoms with Crippen LogP contribution in [0.1, 0.15) is 89.6 Å². The van der Waals surface area contributed by atoms with Crippen LogP contribution in [-0.4, -0.2) is 112 Å². The summed E-state index contributed by atoms with van der Waals surface area (Å²) in [6.07, 6.45) is 5.02. The number of hydrogen-bond donors (Lipinski definition) is 1. The minimum Gasteiger partial charge on any atom is -1.00 e. The second-order valence-electron chi connectivity index (χ2n) is 13.6. The van der Waals surface area contributed by atoms with Crippen molar-refractivity contribution in [3.63, 3.8) is 0 Å². The quantitative estimate of drug-likeness (QED) is 0.189.